The molecule has 0 fully saturated rings. The quantitative estimate of drug-likeness (QED) is 0.675. The van der Waals surface area contributed by atoms with Crippen LogP contribution in [-0.2, 0) is 10.0 Å². The van der Waals surface area contributed by atoms with E-state index in [4.69, 9.17) is 5.26 Å². The summed E-state index contributed by atoms with van der Waals surface area (Å²) in [5.41, 5.74) is 0.324. The molecule has 0 saturated carbocycles. The van der Waals surface area contributed by atoms with Gasteiger partial charge in [0.1, 0.15) is 0 Å². The first-order valence-electron chi connectivity index (χ1n) is 3.00. The van der Waals surface area contributed by atoms with Crippen molar-refractivity contribution in [3.63, 3.8) is 0 Å². The van der Waals surface area contributed by atoms with Crippen LogP contribution in [0.5, 0.6) is 0 Å². The van der Waals surface area contributed by atoms with Gasteiger partial charge in [0.05, 0.1) is 18.0 Å². The fraction of sp³-hybridized carbons (Fsp3) is 0.200. The van der Waals surface area contributed by atoms with E-state index >= 15 is 0 Å². The van der Waals surface area contributed by atoms with Gasteiger partial charge in [-0.3, -0.25) is 9.82 Å². The highest BCUT2D eigenvalue weighted by Gasteiger charge is 2.08. The Labute approximate surface area is 69.3 Å². The summed E-state index contributed by atoms with van der Waals surface area (Å²) in [6.07, 6.45) is 2.70. The van der Waals surface area contributed by atoms with E-state index in [1.807, 2.05) is 0 Å². The van der Waals surface area contributed by atoms with E-state index in [-0.39, 0.29) is 0 Å². The molecule has 6 nitrogen and oxygen atoms in total. The van der Waals surface area contributed by atoms with Crippen molar-refractivity contribution in [2.75, 3.05) is 10.5 Å². The lowest BCUT2D eigenvalue weighted by atomic mass is 10.6. The van der Waals surface area contributed by atoms with Gasteiger partial charge in [-0.05, 0) is 0 Å². The number of nitrogens with zero attached hydrogens (tertiary/aromatic N) is 2. The van der Waals surface area contributed by atoms with Crippen molar-refractivity contribution >= 4 is 15.7 Å². The third kappa shape index (κ3) is 2.25. The van der Waals surface area contributed by atoms with Crippen LogP contribution in [0.2, 0.25) is 0 Å². The molecule has 0 atom stereocenters. The number of hydrogen-bond donors (Lipinski definition) is 2. The number of rotatable bonds is 3. The normalized spacial score (nSPS) is 10.6. The molecular formula is C5H6N4O2S. The van der Waals surface area contributed by atoms with Crippen LogP contribution in [0.15, 0.2) is 12.4 Å². The molecule has 7 heteroatoms. The summed E-state index contributed by atoms with van der Waals surface area (Å²) in [7, 11) is -3.53. The Balaban J connectivity index is 2.71. The van der Waals surface area contributed by atoms with Crippen LogP contribution in [-0.4, -0.2) is 24.4 Å². The van der Waals surface area contributed by atoms with Crippen LogP contribution < -0.4 is 4.72 Å². The second kappa shape index (κ2) is 3.23. The fourth-order valence-corrected chi connectivity index (χ4v) is 1.32. The first-order chi connectivity index (χ1) is 5.64. The summed E-state index contributed by atoms with van der Waals surface area (Å²) >= 11 is 0. The van der Waals surface area contributed by atoms with Crippen molar-refractivity contribution in [2.45, 2.75) is 0 Å². The van der Waals surface area contributed by atoms with Crippen molar-refractivity contribution in [2.24, 2.45) is 0 Å². The van der Waals surface area contributed by atoms with Gasteiger partial charge in [0, 0.05) is 6.20 Å². The van der Waals surface area contributed by atoms with Crippen LogP contribution in [0, 0.1) is 11.3 Å². The summed E-state index contributed by atoms with van der Waals surface area (Å²) in [5, 5.41) is 14.1. The van der Waals surface area contributed by atoms with E-state index in [2.05, 4.69) is 14.9 Å². The molecule has 0 radical (unpaired) electrons. The average Bonchev–Trinajstić information content (AvgIpc) is 2.38. The SMILES string of the molecule is N#CCS(=O)(=O)Nc1cn[nH]c1. The molecular weight excluding hydrogens is 180 g/mol. The summed E-state index contributed by atoms with van der Waals surface area (Å²) in [6.45, 7) is 0. The second-order valence-corrected chi connectivity index (χ2v) is 3.73. The smallest absolute Gasteiger partial charge is 0.246 e. The Kier molecular flexibility index (Phi) is 2.30. The lowest BCUT2D eigenvalue weighted by Gasteiger charge is -1.98. The van der Waals surface area contributed by atoms with E-state index in [1.54, 1.807) is 0 Å². The Morgan fingerprint density at radius 2 is 2.50 bits per heavy atom. The standard InChI is InChI=1S/C5H6N4O2S/c6-1-2-12(10,11)9-5-3-7-8-4-5/h3-4,9H,2H2,(H,7,8). The first kappa shape index (κ1) is 8.55. The van der Waals surface area contributed by atoms with E-state index < -0.39 is 15.8 Å². The third-order valence-electron chi connectivity index (χ3n) is 1.03. The van der Waals surface area contributed by atoms with E-state index in [0.717, 1.165) is 0 Å². The number of H-pyrrole nitrogens is 1. The maximum atomic E-state index is 10.9. The third-order valence-corrected chi connectivity index (χ3v) is 2.08. The molecule has 0 spiro atoms. The van der Waals surface area contributed by atoms with Gasteiger partial charge in [-0.1, -0.05) is 0 Å². The topological polar surface area (TPSA) is 98.6 Å². The zero-order valence-electron chi connectivity index (χ0n) is 5.98. The Morgan fingerprint density at radius 3 is 3.00 bits per heavy atom. The van der Waals surface area contributed by atoms with Gasteiger partial charge in [-0.2, -0.15) is 10.4 Å². The van der Waals surface area contributed by atoms with Gasteiger partial charge >= 0.3 is 0 Å². The van der Waals surface area contributed by atoms with E-state index in [9.17, 15) is 8.42 Å². The van der Waals surface area contributed by atoms with Gasteiger partial charge in [0.2, 0.25) is 10.0 Å². The van der Waals surface area contributed by atoms with Gasteiger partial charge in [0.15, 0.2) is 5.75 Å². The number of hydrogen-bond acceptors (Lipinski definition) is 4. The van der Waals surface area contributed by atoms with E-state index in [0.29, 0.717) is 5.69 Å². The van der Waals surface area contributed by atoms with Crippen molar-refractivity contribution in [1.82, 2.24) is 10.2 Å². The molecule has 1 rings (SSSR count). The molecule has 64 valence electrons. The molecule has 0 aliphatic heterocycles. The number of anilines is 1. The number of nitriles is 1. The van der Waals surface area contributed by atoms with Gasteiger partial charge in [-0.15, -0.1) is 0 Å². The molecule has 0 bridgehead atoms. The minimum atomic E-state index is -3.53. The monoisotopic (exact) mass is 186 g/mol. The molecule has 12 heavy (non-hydrogen) atoms. The first-order valence-corrected chi connectivity index (χ1v) is 4.65. The summed E-state index contributed by atoms with van der Waals surface area (Å²) in [5.74, 6) is -0.557. The van der Waals surface area contributed by atoms with Crippen molar-refractivity contribution in [3.8, 4) is 6.07 Å². The summed E-state index contributed by atoms with van der Waals surface area (Å²) < 4.78 is 24.0. The van der Waals surface area contributed by atoms with Gasteiger partial charge < -0.3 is 0 Å². The molecule has 1 aromatic rings. The maximum absolute atomic E-state index is 10.9. The molecule has 1 heterocycles. The van der Waals surface area contributed by atoms with Crippen molar-refractivity contribution < 1.29 is 8.42 Å². The molecule has 0 saturated heterocycles. The molecule has 0 aliphatic rings. The molecule has 0 aromatic carbocycles. The Bertz CT molecular complexity index is 374. The molecule has 0 unspecified atom stereocenters. The molecule has 0 aliphatic carbocycles. The van der Waals surface area contributed by atoms with Crippen molar-refractivity contribution in [3.05, 3.63) is 12.4 Å². The van der Waals surface area contributed by atoms with Crippen LogP contribution in [0.25, 0.3) is 0 Å². The fourth-order valence-electron chi connectivity index (χ4n) is 0.607. The van der Waals surface area contributed by atoms with Crippen molar-refractivity contribution in [1.29, 1.82) is 5.26 Å². The molecule has 1 aromatic heterocycles. The Hall–Kier alpha value is -1.55. The van der Waals surface area contributed by atoms with Gasteiger partial charge in [0.25, 0.3) is 0 Å². The van der Waals surface area contributed by atoms with Crippen LogP contribution in [0.1, 0.15) is 0 Å². The van der Waals surface area contributed by atoms with E-state index in [1.165, 1.54) is 18.5 Å². The minimum absolute atomic E-state index is 0.324. The number of sulfonamides is 1. The zero-order valence-corrected chi connectivity index (χ0v) is 6.80. The number of aromatic amines is 1. The van der Waals surface area contributed by atoms with Crippen LogP contribution >= 0.6 is 0 Å². The zero-order chi connectivity index (χ0) is 9.03. The highest BCUT2D eigenvalue weighted by Crippen LogP contribution is 2.03. The predicted octanol–water partition coefficient (Wildman–Crippen LogP) is -0.325. The largest absolute Gasteiger partial charge is 0.284 e. The predicted molar refractivity (Wildman–Crippen MR) is 41.6 cm³/mol. The lowest BCUT2D eigenvalue weighted by Crippen LogP contribution is -2.14. The second-order valence-electron chi connectivity index (χ2n) is 2.01. The number of nitrogens with one attached hydrogen (secondary N) is 2. The Morgan fingerprint density at radius 1 is 1.75 bits per heavy atom. The maximum Gasteiger partial charge on any atom is 0.246 e. The highest BCUT2D eigenvalue weighted by atomic mass is 32.2. The number of aromatic nitrogens is 2. The average molecular weight is 186 g/mol. The molecule has 0 amide bonds. The van der Waals surface area contributed by atoms with Crippen LogP contribution in [0.4, 0.5) is 5.69 Å². The summed E-state index contributed by atoms with van der Waals surface area (Å²) in [4.78, 5) is 0. The lowest BCUT2D eigenvalue weighted by molar-refractivity contribution is 0.604. The van der Waals surface area contributed by atoms with Gasteiger partial charge in [-0.25, -0.2) is 8.42 Å². The minimum Gasteiger partial charge on any atom is -0.284 e. The van der Waals surface area contributed by atoms with Crippen LogP contribution in [0.3, 0.4) is 0 Å². The summed E-state index contributed by atoms with van der Waals surface area (Å²) in [6, 6.07) is 1.54. The molecule has 2 N–H and O–H groups in total. The highest BCUT2D eigenvalue weighted by molar-refractivity contribution is 7.92.